The summed E-state index contributed by atoms with van der Waals surface area (Å²) in [6, 6.07) is -0.440. The van der Waals surface area contributed by atoms with Crippen LogP contribution in [0.4, 0.5) is 0 Å². The van der Waals surface area contributed by atoms with Gasteiger partial charge in [0, 0.05) is 40.5 Å². The fourth-order valence-corrected chi connectivity index (χ4v) is 1.44. The van der Waals surface area contributed by atoms with Crippen LogP contribution in [0, 0.1) is 0 Å². The number of hydrogen-bond acceptors (Lipinski definition) is 5. The van der Waals surface area contributed by atoms with E-state index in [2.05, 4.69) is 10.2 Å². The highest BCUT2D eigenvalue weighted by Crippen LogP contribution is 1.94. The van der Waals surface area contributed by atoms with Gasteiger partial charge in [-0.2, -0.15) is 0 Å². The summed E-state index contributed by atoms with van der Waals surface area (Å²) in [5.74, 6) is -0.0914. The van der Waals surface area contributed by atoms with Crippen molar-refractivity contribution in [3.8, 4) is 0 Å². The summed E-state index contributed by atoms with van der Waals surface area (Å²) in [5.41, 5.74) is 5.75. The summed E-state index contributed by atoms with van der Waals surface area (Å²) in [5, 5.41) is 2.83. The van der Waals surface area contributed by atoms with Crippen LogP contribution in [0.5, 0.6) is 0 Å². The largest absolute Gasteiger partial charge is 0.385 e. The zero-order valence-corrected chi connectivity index (χ0v) is 11.8. The van der Waals surface area contributed by atoms with E-state index in [0.29, 0.717) is 26.2 Å². The average Bonchev–Trinajstić information content (AvgIpc) is 2.36. The molecule has 0 heterocycles. The molecule has 0 aromatic heterocycles. The lowest BCUT2D eigenvalue weighted by atomic mass is 10.1. The van der Waals surface area contributed by atoms with Crippen molar-refractivity contribution in [2.45, 2.75) is 18.9 Å². The number of nitrogens with zero attached hydrogens (tertiary/aromatic N) is 1. The van der Waals surface area contributed by atoms with Gasteiger partial charge < -0.3 is 25.4 Å². The molecule has 1 atom stereocenters. The van der Waals surface area contributed by atoms with Crippen LogP contribution < -0.4 is 11.1 Å². The second-order valence-corrected chi connectivity index (χ2v) is 4.33. The molecule has 0 fully saturated rings. The van der Waals surface area contributed by atoms with Crippen molar-refractivity contribution in [3.63, 3.8) is 0 Å². The van der Waals surface area contributed by atoms with Gasteiger partial charge in [0.1, 0.15) is 0 Å². The van der Waals surface area contributed by atoms with Crippen LogP contribution in [0.15, 0.2) is 0 Å². The van der Waals surface area contributed by atoms with Crippen LogP contribution in [0.3, 0.4) is 0 Å². The molecule has 0 spiro atoms. The van der Waals surface area contributed by atoms with E-state index in [9.17, 15) is 4.79 Å². The first-order chi connectivity index (χ1) is 8.61. The van der Waals surface area contributed by atoms with Crippen molar-refractivity contribution >= 4 is 5.91 Å². The minimum Gasteiger partial charge on any atom is -0.385 e. The Labute approximate surface area is 110 Å². The number of likely N-dealkylation sites (N-methyl/N-ethyl adjacent to an activating group) is 1. The fourth-order valence-electron chi connectivity index (χ4n) is 1.44. The van der Waals surface area contributed by atoms with Gasteiger partial charge in [0.05, 0.1) is 12.6 Å². The van der Waals surface area contributed by atoms with Crippen molar-refractivity contribution < 1.29 is 14.3 Å². The van der Waals surface area contributed by atoms with E-state index in [1.165, 1.54) is 0 Å². The number of carbonyl (C=O) groups is 1. The van der Waals surface area contributed by atoms with E-state index in [4.69, 9.17) is 15.2 Å². The SMILES string of the molecule is COCCCC(N)C(=O)NCCN(C)CCOC. The predicted molar refractivity (Wildman–Crippen MR) is 71.5 cm³/mol. The summed E-state index contributed by atoms with van der Waals surface area (Å²) >= 11 is 0. The van der Waals surface area contributed by atoms with Crippen LogP contribution in [0.2, 0.25) is 0 Å². The molecule has 0 rings (SSSR count). The third kappa shape index (κ3) is 9.35. The molecule has 0 aliphatic rings. The number of nitrogens with one attached hydrogen (secondary N) is 1. The fraction of sp³-hybridized carbons (Fsp3) is 0.917. The van der Waals surface area contributed by atoms with E-state index in [-0.39, 0.29) is 5.91 Å². The van der Waals surface area contributed by atoms with Crippen LogP contribution >= 0.6 is 0 Å². The van der Waals surface area contributed by atoms with Crippen molar-refractivity contribution in [2.24, 2.45) is 5.73 Å². The Hall–Kier alpha value is -0.690. The summed E-state index contributed by atoms with van der Waals surface area (Å²) in [6.45, 7) is 3.59. The topological polar surface area (TPSA) is 76.8 Å². The molecule has 18 heavy (non-hydrogen) atoms. The molecule has 0 aliphatic heterocycles. The number of rotatable bonds is 11. The van der Waals surface area contributed by atoms with Gasteiger partial charge in [-0.3, -0.25) is 4.79 Å². The summed E-state index contributed by atoms with van der Waals surface area (Å²) in [7, 11) is 5.31. The molecule has 0 saturated heterocycles. The molecular weight excluding hydrogens is 234 g/mol. The lowest BCUT2D eigenvalue weighted by Gasteiger charge is -2.17. The third-order valence-corrected chi connectivity index (χ3v) is 2.67. The highest BCUT2D eigenvalue weighted by molar-refractivity contribution is 5.81. The van der Waals surface area contributed by atoms with Crippen molar-refractivity contribution in [1.29, 1.82) is 0 Å². The maximum absolute atomic E-state index is 11.6. The van der Waals surface area contributed by atoms with E-state index in [0.717, 1.165) is 19.5 Å². The number of amides is 1. The Morgan fingerprint density at radius 1 is 1.28 bits per heavy atom. The van der Waals surface area contributed by atoms with Gasteiger partial charge in [-0.15, -0.1) is 0 Å². The molecule has 6 heteroatoms. The number of ether oxygens (including phenoxy) is 2. The van der Waals surface area contributed by atoms with Gasteiger partial charge in [-0.05, 0) is 19.9 Å². The highest BCUT2D eigenvalue weighted by atomic mass is 16.5. The Kier molecular flexibility index (Phi) is 11.0. The zero-order chi connectivity index (χ0) is 13.8. The maximum atomic E-state index is 11.6. The first kappa shape index (κ1) is 17.3. The smallest absolute Gasteiger partial charge is 0.236 e. The summed E-state index contributed by atoms with van der Waals surface area (Å²) < 4.78 is 9.89. The van der Waals surface area contributed by atoms with Gasteiger partial charge in [-0.1, -0.05) is 0 Å². The van der Waals surface area contributed by atoms with Crippen molar-refractivity contribution in [3.05, 3.63) is 0 Å². The lowest BCUT2D eigenvalue weighted by Crippen LogP contribution is -2.43. The second-order valence-electron chi connectivity index (χ2n) is 4.33. The number of methoxy groups -OCH3 is 2. The van der Waals surface area contributed by atoms with Crippen LogP contribution in [-0.4, -0.2) is 71.0 Å². The highest BCUT2D eigenvalue weighted by Gasteiger charge is 2.12. The first-order valence-electron chi connectivity index (χ1n) is 6.31. The van der Waals surface area contributed by atoms with Gasteiger partial charge in [-0.25, -0.2) is 0 Å². The minimum atomic E-state index is -0.440. The number of hydrogen-bond donors (Lipinski definition) is 2. The number of carbonyl (C=O) groups excluding carboxylic acids is 1. The summed E-state index contributed by atoms with van der Waals surface area (Å²) in [6.07, 6.45) is 1.46. The van der Waals surface area contributed by atoms with Crippen molar-refractivity contribution in [1.82, 2.24) is 10.2 Å². The molecule has 0 aliphatic carbocycles. The van der Waals surface area contributed by atoms with Crippen LogP contribution in [-0.2, 0) is 14.3 Å². The third-order valence-electron chi connectivity index (χ3n) is 2.67. The second kappa shape index (κ2) is 11.4. The van der Waals surface area contributed by atoms with Gasteiger partial charge >= 0.3 is 0 Å². The molecule has 3 N–H and O–H groups in total. The molecule has 0 radical (unpaired) electrons. The Morgan fingerprint density at radius 3 is 2.56 bits per heavy atom. The zero-order valence-electron chi connectivity index (χ0n) is 11.8. The Morgan fingerprint density at radius 2 is 1.94 bits per heavy atom. The van der Waals surface area contributed by atoms with Crippen LogP contribution in [0.1, 0.15) is 12.8 Å². The maximum Gasteiger partial charge on any atom is 0.236 e. The van der Waals surface area contributed by atoms with Gasteiger partial charge in [0.2, 0.25) is 5.91 Å². The Balaban J connectivity index is 3.56. The van der Waals surface area contributed by atoms with E-state index in [1.807, 2.05) is 7.05 Å². The predicted octanol–water partition coefficient (Wildman–Crippen LogP) is -0.565. The molecule has 6 nitrogen and oxygen atoms in total. The molecule has 0 aromatic rings. The average molecular weight is 261 g/mol. The molecule has 0 bridgehead atoms. The van der Waals surface area contributed by atoms with E-state index in [1.54, 1.807) is 14.2 Å². The standard InChI is InChI=1S/C12H27N3O3/c1-15(8-10-18-3)7-6-14-12(16)11(13)5-4-9-17-2/h11H,4-10,13H2,1-3H3,(H,14,16). The molecular formula is C12H27N3O3. The normalized spacial score (nSPS) is 12.7. The summed E-state index contributed by atoms with van der Waals surface area (Å²) in [4.78, 5) is 13.7. The Bertz CT molecular complexity index is 215. The van der Waals surface area contributed by atoms with E-state index >= 15 is 0 Å². The minimum absolute atomic E-state index is 0.0914. The first-order valence-corrected chi connectivity index (χ1v) is 6.31. The van der Waals surface area contributed by atoms with Gasteiger partial charge in [0.25, 0.3) is 0 Å². The molecule has 0 saturated carbocycles. The quantitative estimate of drug-likeness (QED) is 0.487. The molecule has 0 aromatic carbocycles. The monoisotopic (exact) mass is 261 g/mol. The molecule has 1 unspecified atom stereocenters. The lowest BCUT2D eigenvalue weighted by molar-refractivity contribution is -0.122. The number of nitrogens with two attached hydrogens (primary N) is 1. The van der Waals surface area contributed by atoms with E-state index < -0.39 is 6.04 Å². The molecule has 1 amide bonds. The van der Waals surface area contributed by atoms with Crippen molar-refractivity contribution in [2.75, 3.05) is 54.1 Å². The van der Waals surface area contributed by atoms with Crippen LogP contribution in [0.25, 0.3) is 0 Å². The van der Waals surface area contributed by atoms with Gasteiger partial charge in [0.15, 0.2) is 0 Å². The molecule has 108 valence electrons.